The van der Waals surface area contributed by atoms with E-state index in [2.05, 4.69) is 15.5 Å². The molecule has 120 valence electrons. The average Bonchev–Trinajstić information content (AvgIpc) is 2.86. The summed E-state index contributed by atoms with van der Waals surface area (Å²) in [7, 11) is 1.83. The fourth-order valence-electron chi connectivity index (χ4n) is 2.57. The first-order chi connectivity index (χ1) is 11.1. The average molecular weight is 331 g/mol. The lowest BCUT2D eigenvalue weighted by Crippen LogP contribution is -2.40. The molecule has 2 amide bonds. The molecule has 8 heteroatoms. The van der Waals surface area contributed by atoms with E-state index >= 15 is 0 Å². The van der Waals surface area contributed by atoms with E-state index in [-0.39, 0.29) is 30.0 Å². The summed E-state index contributed by atoms with van der Waals surface area (Å²) in [6.45, 7) is 1.88. The normalized spacial score (nSPS) is 17.4. The van der Waals surface area contributed by atoms with Gasteiger partial charge in [-0.3, -0.25) is 9.59 Å². The monoisotopic (exact) mass is 331 g/mol. The summed E-state index contributed by atoms with van der Waals surface area (Å²) in [6, 6.07) is 7.15. The van der Waals surface area contributed by atoms with Gasteiger partial charge in [-0.2, -0.15) is 0 Å². The van der Waals surface area contributed by atoms with Crippen molar-refractivity contribution in [3.05, 3.63) is 30.6 Å². The highest BCUT2D eigenvalue weighted by Crippen LogP contribution is 2.32. The van der Waals surface area contributed by atoms with Crippen molar-refractivity contribution >= 4 is 35.0 Å². The number of benzene rings is 1. The number of fused-ring (bicyclic) bond motifs is 1. The second-order valence-electron chi connectivity index (χ2n) is 5.40. The Morgan fingerprint density at radius 2 is 2.22 bits per heavy atom. The molecular formula is C15H17N5O2S. The second kappa shape index (κ2) is 6.41. The predicted octanol–water partition coefficient (Wildman–Crippen LogP) is 1.67. The van der Waals surface area contributed by atoms with E-state index in [0.717, 1.165) is 5.69 Å². The summed E-state index contributed by atoms with van der Waals surface area (Å²) in [6.07, 6.45) is 1.87. The number of amides is 2. The van der Waals surface area contributed by atoms with Crippen LogP contribution in [0.1, 0.15) is 13.3 Å². The smallest absolute Gasteiger partial charge is 0.237 e. The molecule has 0 bridgehead atoms. The quantitative estimate of drug-likeness (QED) is 0.866. The molecule has 0 spiro atoms. The van der Waals surface area contributed by atoms with Crippen LogP contribution >= 0.6 is 11.8 Å². The molecule has 0 fully saturated rings. The number of nitrogens with zero attached hydrogens (tertiary/aromatic N) is 4. The zero-order valence-electron chi connectivity index (χ0n) is 12.9. The molecule has 1 N–H and O–H groups in total. The second-order valence-corrected chi connectivity index (χ2v) is 6.34. The van der Waals surface area contributed by atoms with Gasteiger partial charge in [-0.15, -0.1) is 10.2 Å². The number of carbonyl (C=O) groups is 2. The molecule has 1 aromatic heterocycles. The maximum absolute atomic E-state index is 12.7. The van der Waals surface area contributed by atoms with Gasteiger partial charge < -0.3 is 14.8 Å². The van der Waals surface area contributed by atoms with Gasteiger partial charge in [0, 0.05) is 19.5 Å². The highest BCUT2D eigenvalue weighted by atomic mass is 32.2. The Labute approximate surface area is 138 Å². The van der Waals surface area contributed by atoms with Gasteiger partial charge in [-0.1, -0.05) is 23.9 Å². The fourth-order valence-corrected chi connectivity index (χ4v) is 3.31. The first-order valence-electron chi connectivity index (χ1n) is 7.24. The summed E-state index contributed by atoms with van der Waals surface area (Å²) in [5.41, 5.74) is 1.40. The van der Waals surface area contributed by atoms with Crippen molar-refractivity contribution in [3.63, 3.8) is 0 Å². The van der Waals surface area contributed by atoms with Crippen LogP contribution in [-0.2, 0) is 16.6 Å². The number of thioether (sulfide) groups is 1. The fraction of sp³-hybridized carbons (Fsp3) is 0.333. The lowest BCUT2D eigenvalue weighted by molar-refractivity contribution is -0.117. The molecule has 2 aromatic rings. The van der Waals surface area contributed by atoms with Crippen LogP contribution in [0.2, 0.25) is 0 Å². The van der Waals surface area contributed by atoms with Crippen molar-refractivity contribution in [1.82, 2.24) is 14.8 Å². The number of carbonyl (C=O) groups excluding carboxylic acids is 2. The van der Waals surface area contributed by atoms with Gasteiger partial charge in [0.1, 0.15) is 6.33 Å². The number of aromatic nitrogens is 3. The van der Waals surface area contributed by atoms with Crippen LogP contribution in [0.4, 0.5) is 11.4 Å². The van der Waals surface area contributed by atoms with E-state index in [0.29, 0.717) is 10.8 Å². The minimum atomic E-state index is -0.203. The number of hydrogen-bond donors (Lipinski definition) is 1. The molecule has 7 nitrogen and oxygen atoms in total. The Kier molecular flexibility index (Phi) is 4.33. The zero-order chi connectivity index (χ0) is 16.4. The number of nitrogens with one attached hydrogen (secondary N) is 1. The number of aryl methyl sites for hydroxylation is 1. The Hall–Kier alpha value is -2.35. The highest BCUT2D eigenvalue weighted by Gasteiger charge is 2.29. The van der Waals surface area contributed by atoms with Crippen LogP contribution in [0, 0.1) is 0 Å². The van der Waals surface area contributed by atoms with Crippen LogP contribution in [0.25, 0.3) is 0 Å². The minimum absolute atomic E-state index is 0.0607. The summed E-state index contributed by atoms with van der Waals surface area (Å²) in [4.78, 5) is 26.4. The number of anilines is 2. The van der Waals surface area contributed by atoms with Crippen LogP contribution < -0.4 is 10.2 Å². The molecular weight excluding hydrogens is 314 g/mol. The van der Waals surface area contributed by atoms with Gasteiger partial charge in [0.05, 0.1) is 17.1 Å². The van der Waals surface area contributed by atoms with Crippen molar-refractivity contribution in [2.45, 2.75) is 24.5 Å². The standard InChI is InChI=1S/C15H17N5O2S/c1-10-7-13(21)17-11-5-3-4-6-12(11)20(10)14(22)8-23-15-18-16-9-19(15)2/h3-6,9-10H,7-8H2,1-2H3,(H,17,21)/t10-/m1/s1. The van der Waals surface area contributed by atoms with Gasteiger partial charge in [0.15, 0.2) is 5.16 Å². The van der Waals surface area contributed by atoms with Gasteiger partial charge >= 0.3 is 0 Å². The Morgan fingerprint density at radius 3 is 2.96 bits per heavy atom. The molecule has 1 aliphatic heterocycles. The SMILES string of the molecule is C[C@@H]1CC(=O)Nc2ccccc2N1C(=O)CSc1nncn1C. The third-order valence-corrected chi connectivity index (χ3v) is 4.64. The highest BCUT2D eigenvalue weighted by molar-refractivity contribution is 7.99. The third kappa shape index (κ3) is 3.21. The third-order valence-electron chi connectivity index (χ3n) is 3.62. The van der Waals surface area contributed by atoms with E-state index in [1.54, 1.807) is 21.9 Å². The van der Waals surface area contributed by atoms with Crippen molar-refractivity contribution in [1.29, 1.82) is 0 Å². The molecule has 23 heavy (non-hydrogen) atoms. The van der Waals surface area contributed by atoms with E-state index in [4.69, 9.17) is 0 Å². The van der Waals surface area contributed by atoms with Crippen molar-refractivity contribution in [2.75, 3.05) is 16.0 Å². The van der Waals surface area contributed by atoms with Gasteiger partial charge in [0.2, 0.25) is 11.8 Å². The van der Waals surface area contributed by atoms with E-state index in [1.165, 1.54) is 11.8 Å². The van der Waals surface area contributed by atoms with Crippen molar-refractivity contribution in [2.24, 2.45) is 7.05 Å². The zero-order valence-corrected chi connectivity index (χ0v) is 13.7. The summed E-state index contributed by atoms with van der Waals surface area (Å²) in [5, 5.41) is 11.3. The largest absolute Gasteiger partial charge is 0.324 e. The van der Waals surface area contributed by atoms with Crippen molar-refractivity contribution in [3.8, 4) is 0 Å². The van der Waals surface area contributed by atoms with Gasteiger partial charge in [0.25, 0.3) is 0 Å². The van der Waals surface area contributed by atoms with E-state index in [9.17, 15) is 9.59 Å². The van der Waals surface area contributed by atoms with Crippen LogP contribution in [0.5, 0.6) is 0 Å². The number of rotatable bonds is 3. The maximum Gasteiger partial charge on any atom is 0.237 e. The van der Waals surface area contributed by atoms with E-state index < -0.39 is 0 Å². The van der Waals surface area contributed by atoms with Crippen LogP contribution in [0.3, 0.4) is 0 Å². The van der Waals surface area contributed by atoms with Crippen LogP contribution in [-0.4, -0.2) is 38.4 Å². The minimum Gasteiger partial charge on any atom is -0.324 e. The molecule has 0 saturated carbocycles. The topological polar surface area (TPSA) is 80.1 Å². The number of para-hydroxylation sites is 2. The molecule has 0 unspecified atom stereocenters. The molecule has 1 atom stereocenters. The molecule has 2 heterocycles. The summed E-state index contributed by atoms with van der Waals surface area (Å²) < 4.78 is 1.77. The molecule has 3 rings (SSSR count). The van der Waals surface area contributed by atoms with E-state index in [1.807, 2.05) is 32.2 Å². The Balaban J connectivity index is 1.83. The van der Waals surface area contributed by atoms with Gasteiger partial charge in [-0.05, 0) is 19.1 Å². The number of hydrogen-bond acceptors (Lipinski definition) is 5. The Morgan fingerprint density at radius 1 is 1.43 bits per heavy atom. The first kappa shape index (κ1) is 15.5. The van der Waals surface area contributed by atoms with Gasteiger partial charge in [-0.25, -0.2) is 0 Å². The molecule has 1 aromatic carbocycles. The lowest BCUT2D eigenvalue weighted by Gasteiger charge is -2.27. The lowest BCUT2D eigenvalue weighted by atomic mass is 10.2. The summed E-state index contributed by atoms with van der Waals surface area (Å²) in [5.74, 6) is 0.0926. The maximum atomic E-state index is 12.7. The molecule has 0 saturated heterocycles. The predicted molar refractivity (Wildman–Crippen MR) is 88.4 cm³/mol. The first-order valence-corrected chi connectivity index (χ1v) is 8.22. The van der Waals surface area contributed by atoms with Crippen LogP contribution in [0.15, 0.2) is 35.7 Å². The molecule has 0 radical (unpaired) electrons. The molecule has 1 aliphatic rings. The van der Waals surface area contributed by atoms with Crippen molar-refractivity contribution < 1.29 is 9.59 Å². The Bertz CT molecular complexity index is 745. The molecule has 0 aliphatic carbocycles. The summed E-state index contributed by atoms with van der Waals surface area (Å²) >= 11 is 1.33.